The highest BCUT2D eigenvalue weighted by Crippen LogP contribution is 2.27. The molecule has 0 aliphatic carbocycles. The molecule has 2 aromatic rings. The fourth-order valence-corrected chi connectivity index (χ4v) is 2.78. The smallest absolute Gasteiger partial charge is 0.350 e. The third-order valence-corrected chi connectivity index (χ3v) is 4.48. The first-order chi connectivity index (χ1) is 15.1. The van der Waals surface area contributed by atoms with E-state index in [-0.39, 0.29) is 22.8 Å². The van der Waals surface area contributed by atoms with E-state index in [2.05, 4.69) is 4.74 Å². The molecule has 0 aliphatic rings. The van der Waals surface area contributed by atoms with Crippen molar-refractivity contribution < 1.29 is 49.0 Å². The van der Waals surface area contributed by atoms with Gasteiger partial charge in [-0.05, 0) is 41.5 Å². The van der Waals surface area contributed by atoms with Crippen molar-refractivity contribution in [1.82, 2.24) is 0 Å². The Bertz CT molecular complexity index is 1010. The van der Waals surface area contributed by atoms with Gasteiger partial charge in [-0.25, -0.2) is 14.4 Å². The fourth-order valence-electron chi connectivity index (χ4n) is 2.78. The number of carboxylic acids is 1. The third-order valence-electron chi connectivity index (χ3n) is 4.48. The Kier molecular flexibility index (Phi) is 7.81. The Hall–Kier alpha value is -4.05. The molecule has 0 saturated carbocycles. The average Bonchev–Trinajstić information content (AvgIpc) is 2.77. The van der Waals surface area contributed by atoms with E-state index in [4.69, 9.17) is 9.47 Å². The van der Waals surface area contributed by atoms with Gasteiger partial charge in [0.25, 0.3) is 0 Å². The zero-order valence-electron chi connectivity index (χ0n) is 17.2. The van der Waals surface area contributed by atoms with Gasteiger partial charge in [0.1, 0.15) is 5.75 Å². The molecule has 0 saturated heterocycles. The predicted octanol–water partition coefficient (Wildman–Crippen LogP) is 1.26. The quantitative estimate of drug-likeness (QED) is 0.326. The van der Waals surface area contributed by atoms with Crippen molar-refractivity contribution in [1.29, 1.82) is 0 Å². The van der Waals surface area contributed by atoms with Gasteiger partial charge in [0.15, 0.2) is 11.5 Å². The largest absolute Gasteiger partial charge is 0.508 e. The number of benzene rings is 2. The number of carbonyl (C=O) groups excluding carboxylic acids is 2. The first kappa shape index (κ1) is 24.2. The van der Waals surface area contributed by atoms with Gasteiger partial charge in [-0.15, -0.1) is 0 Å². The van der Waals surface area contributed by atoms with Crippen LogP contribution in [0.5, 0.6) is 17.2 Å². The molecular formula is C22H22O10. The minimum Gasteiger partial charge on any atom is -0.508 e. The highest BCUT2D eigenvalue weighted by atomic mass is 16.6. The predicted molar refractivity (Wildman–Crippen MR) is 110 cm³/mol. The highest BCUT2D eigenvalue weighted by molar-refractivity contribution is 5.93. The summed E-state index contributed by atoms with van der Waals surface area (Å²) in [6.07, 6.45) is -0.679. The molecule has 0 radical (unpaired) electrons. The molecule has 2 aromatic carbocycles. The summed E-state index contributed by atoms with van der Waals surface area (Å²) in [7, 11) is 2.32. The maximum absolute atomic E-state index is 12.3. The van der Waals surface area contributed by atoms with Gasteiger partial charge in [0.2, 0.25) is 11.7 Å². The van der Waals surface area contributed by atoms with E-state index < -0.39 is 36.0 Å². The highest BCUT2D eigenvalue weighted by Gasteiger charge is 2.51. The number of phenols is 2. The number of rotatable bonds is 9. The Morgan fingerprint density at radius 3 is 2.25 bits per heavy atom. The van der Waals surface area contributed by atoms with E-state index in [9.17, 15) is 34.8 Å². The van der Waals surface area contributed by atoms with Gasteiger partial charge < -0.3 is 34.6 Å². The van der Waals surface area contributed by atoms with Crippen LogP contribution in [-0.4, -0.2) is 64.3 Å². The molecular weight excluding hydrogens is 424 g/mol. The number of aromatic hydroxyl groups is 2. The van der Waals surface area contributed by atoms with Crippen LogP contribution in [0.1, 0.15) is 11.1 Å². The summed E-state index contributed by atoms with van der Waals surface area (Å²) in [5.41, 5.74) is -2.22. The number of hydrogen-bond acceptors (Lipinski definition) is 9. The number of phenolic OH excluding ortho intramolecular Hbond substituents is 2. The molecule has 2 rings (SSSR count). The van der Waals surface area contributed by atoms with Crippen LogP contribution < -0.4 is 4.74 Å². The van der Waals surface area contributed by atoms with Crippen molar-refractivity contribution in [3.8, 4) is 17.2 Å². The van der Waals surface area contributed by atoms with Crippen LogP contribution in [0.4, 0.5) is 0 Å². The number of ether oxygens (including phenoxy) is 3. The summed E-state index contributed by atoms with van der Waals surface area (Å²) in [5, 5.41) is 39.5. The molecule has 0 unspecified atom stereocenters. The summed E-state index contributed by atoms with van der Waals surface area (Å²) in [6, 6.07) is 9.51. The van der Waals surface area contributed by atoms with Crippen LogP contribution in [0.25, 0.3) is 6.08 Å². The van der Waals surface area contributed by atoms with Gasteiger partial charge in [-0.1, -0.05) is 18.2 Å². The molecule has 0 aromatic heterocycles. The number of aliphatic hydroxyl groups is 1. The normalized spacial score (nSPS) is 13.7. The second-order valence-corrected chi connectivity index (χ2v) is 6.68. The van der Waals surface area contributed by atoms with Crippen LogP contribution >= 0.6 is 0 Å². The molecule has 10 nitrogen and oxygen atoms in total. The lowest BCUT2D eigenvalue weighted by atomic mass is 9.88. The van der Waals surface area contributed by atoms with Crippen molar-refractivity contribution in [3.05, 3.63) is 59.7 Å². The van der Waals surface area contributed by atoms with E-state index in [1.807, 2.05) is 0 Å². The summed E-state index contributed by atoms with van der Waals surface area (Å²) in [6.45, 7) is 0. The standard InChI is InChI=1S/C22H22O10/c1-30-17-9-5-13(11-16(17)24)6-10-18(25)32-19(20(26)31-2)22(29,21(27)28)12-14-3-7-15(23)8-4-14/h3-11,19,23-24,29H,12H2,1-2H3,(H,27,28)/t19-,22-/m1/s1. The molecule has 0 fully saturated rings. The number of methoxy groups -OCH3 is 2. The Balaban J connectivity index is 2.27. The number of carbonyl (C=O) groups is 3. The first-order valence-electron chi connectivity index (χ1n) is 9.18. The summed E-state index contributed by atoms with van der Waals surface area (Å²) < 4.78 is 14.4. The van der Waals surface area contributed by atoms with Crippen LogP contribution in [0.15, 0.2) is 48.5 Å². The van der Waals surface area contributed by atoms with Crippen molar-refractivity contribution in [3.63, 3.8) is 0 Å². The van der Waals surface area contributed by atoms with Crippen LogP contribution in [0, 0.1) is 0 Å². The van der Waals surface area contributed by atoms with Gasteiger partial charge in [-0.3, -0.25) is 0 Å². The molecule has 2 atom stereocenters. The molecule has 0 spiro atoms. The molecule has 170 valence electrons. The van der Waals surface area contributed by atoms with Gasteiger partial charge in [0, 0.05) is 12.5 Å². The zero-order chi connectivity index (χ0) is 23.9. The Labute approximate surface area is 182 Å². The van der Waals surface area contributed by atoms with Crippen LogP contribution in [0.2, 0.25) is 0 Å². The summed E-state index contributed by atoms with van der Waals surface area (Å²) >= 11 is 0. The minimum absolute atomic E-state index is 0.0849. The topological polar surface area (TPSA) is 160 Å². The maximum Gasteiger partial charge on any atom is 0.350 e. The second-order valence-electron chi connectivity index (χ2n) is 6.68. The van der Waals surface area contributed by atoms with E-state index in [0.29, 0.717) is 5.56 Å². The molecule has 32 heavy (non-hydrogen) atoms. The SMILES string of the molecule is COC(=O)[C@@H](OC(=O)C=Cc1ccc(OC)c(O)c1)[C@](O)(Cc1ccc(O)cc1)C(=O)O. The lowest BCUT2D eigenvalue weighted by molar-refractivity contribution is -0.193. The Morgan fingerprint density at radius 1 is 1.06 bits per heavy atom. The summed E-state index contributed by atoms with van der Waals surface area (Å²) in [5.74, 6) is -4.28. The number of esters is 2. The Morgan fingerprint density at radius 2 is 1.72 bits per heavy atom. The molecule has 0 heterocycles. The average molecular weight is 446 g/mol. The van der Waals surface area contributed by atoms with Gasteiger partial charge in [-0.2, -0.15) is 0 Å². The van der Waals surface area contributed by atoms with E-state index in [1.54, 1.807) is 0 Å². The molecule has 0 aliphatic heterocycles. The van der Waals surface area contributed by atoms with Crippen molar-refractivity contribution in [2.24, 2.45) is 0 Å². The molecule has 0 bridgehead atoms. The first-order valence-corrected chi connectivity index (χ1v) is 9.18. The lowest BCUT2D eigenvalue weighted by Gasteiger charge is -2.29. The van der Waals surface area contributed by atoms with Gasteiger partial charge in [0.05, 0.1) is 14.2 Å². The lowest BCUT2D eigenvalue weighted by Crippen LogP contribution is -2.57. The third kappa shape index (κ3) is 5.76. The van der Waals surface area contributed by atoms with E-state index in [0.717, 1.165) is 13.2 Å². The molecule has 4 N–H and O–H groups in total. The van der Waals surface area contributed by atoms with Crippen molar-refractivity contribution in [2.45, 2.75) is 18.1 Å². The second kappa shape index (κ2) is 10.3. The van der Waals surface area contributed by atoms with E-state index in [1.165, 1.54) is 55.7 Å². The monoisotopic (exact) mass is 446 g/mol. The van der Waals surface area contributed by atoms with E-state index >= 15 is 0 Å². The van der Waals surface area contributed by atoms with Crippen molar-refractivity contribution >= 4 is 24.0 Å². The molecule has 10 heteroatoms. The maximum atomic E-state index is 12.3. The minimum atomic E-state index is -2.86. The van der Waals surface area contributed by atoms with Crippen LogP contribution in [0.3, 0.4) is 0 Å². The number of hydrogen-bond donors (Lipinski definition) is 4. The van der Waals surface area contributed by atoms with Crippen molar-refractivity contribution in [2.75, 3.05) is 14.2 Å². The van der Waals surface area contributed by atoms with Crippen LogP contribution in [-0.2, 0) is 30.3 Å². The number of aliphatic carboxylic acids is 1. The fraction of sp³-hybridized carbons (Fsp3) is 0.227. The van der Waals surface area contributed by atoms with Gasteiger partial charge >= 0.3 is 17.9 Å². The molecule has 0 amide bonds. The summed E-state index contributed by atoms with van der Waals surface area (Å²) in [4.78, 5) is 36.3. The zero-order valence-corrected chi connectivity index (χ0v) is 17.2. The number of carboxylic acid groups (broad SMARTS) is 1.